The lowest BCUT2D eigenvalue weighted by atomic mass is 10.4. The summed E-state index contributed by atoms with van der Waals surface area (Å²) in [6, 6.07) is 0. The van der Waals surface area contributed by atoms with Crippen molar-refractivity contribution in [2.75, 3.05) is 26.4 Å². The van der Waals surface area contributed by atoms with Crippen LogP contribution in [0.3, 0.4) is 0 Å². The normalized spacial score (nSPS) is 16.9. The minimum Gasteiger partial charge on any atom is -0.377 e. The van der Waals surface area contributed by atoms with E-state index in [1.165, 1.54) is 0 Å². The van der Waals surface area contributed by atoms with Crippen LogP contribution in [-0.2, 0) is 4.79 Å². The largest absolute Gasteiger partial charge is 0.377 e. The van der Waals surface area contributed by atoms with Gasteiger partial charge >= 0.3 is 0 Å². The van der Waals surface area contributed by atoms with Crippen molar-refractivity contribution in [3.05, 3.63) is 0 Å². The summed E-state index contributed by atoms with van der Waals surface area (Å²) in [4.78, 5) is 12.8. The number of aliphatic hydroxyl groups is 1. The topological polar surface area (TPSA) is 52.3 Å². The first-order chi connectivity index (χ1) is 4.83. The first-order valence-electron chi connectivity index (χ1n) is 3.43. The van der Waals surface area contributed by atoms with E-state index in [0.717, 1.165) is 19.6 Å². The second-order valence-corrected chi connectivity index (χ2v) is 2.35. The highest BCUT2D eigenvalue weighted by atomic mass is 16.3. The Morgan fingerprint density at radius 2 is 2.30 bits per heavy atom. The van der Waals surface area contributed by atoms with Gasteiger partial charge in [-0.25, -0.2) is 0 Å². The third-order valence-corrected chi connectivity index (χ3v) is 1.47. The Bertz CT molecular complexity index is 123. The first kappa shape index (κ1) is 7.50. The summed E-state index contributed by atoms with van der Waals surface area (Å²) in [5.41, 5.74) is 0. The fourth-order valence-corrected chi connectivity index (χ4v) is 0.731. The molecule has 1 fully saturated rings. The molecule has 4 nitrogen and oxygen atoms in total. The molecule has 0 spiro atoms. The number of aliphatic hydroxyl groups excluding tert-OH is 1. The Balaban J connectivity index is 1.94. The van der Waals surface area contributed by atoms with Crippen LogP contribution in [0.2, 0.25) is 0 Å². The fraction of sp³-hybridized carbons (Fsp3) is 0.833. The molecule has 1 saturated heterocycles. The monoisotopic (exact) mass is 144 g/mol. The molecule has 1 aliphatic rings. The van der Waals surface area contributed by atoms with Gasteiger partial charge in [-0.3, -0.25) is 4.79 Å². The van der Waals surface area contributed by atoms with E-state index in [1.54, 1.807) is 0 Å². The molecule has 0 aromatic carbocycles. The lowest BCUT2D eigenvalue weighted by Crippen LogP contribution is -2.25. The molecular weight excluding hydrogens is 132 g/mol. The Kier molecular flexibility index (Phi) is 2.65. The van der Waals surface area contributed by atoms with Crippen molar-refractivity contribution in [3.8, 4) is 0 Å². The summed E-state index contributed by atoms with van der Waals surface area (Å²) >= 11 is 0. The van der Waals surface area contributed by atoms with E-state index in [2.05, 4.69) is 10.2 Å². The molecule has 0 aromatic heterocycles. The van der Waals surface area contributed by atoms with Crippen LogP contribution in [0.25, 0.3) is 0 Å². The average Bonchev–Trinajstić information content (AvgIpc) is 2.67. The van der Waals surface area contributed by atoms with Crippen molar-refractivity contribution in [2.45, 2.75) is 6.42 Å². The predicted octanol–water partition coefficient (Wildman–Crippen LogP) is -1.24. The van der Waals surface area contributed by atoms with Crippen molar-refractivity contribution in [1.82, 2.24) is 10.2 Å². The molecule has 0 aromatic rings. The molecule has 0 bridgehead atoms. The van der Waals surface area contributed by atoms with Crippen LogP contribution >= 0.6 is 0 Å². The maximum Gasteiger partial charge on any atom is 0.223 e. The number of carbonyl (C=O) groups excluding carboxylic acids is 1. The lowest BCUT2D eigenvalue weighted by Gasteiger charge is -2.00. The zero-order chi connectivity index (χ0) is 7.40. The lowest BCUT2D eigenvalue weighted by molar-refractivity contribution is -0.122. The second kappa shape index (κ2) is 3.53. The maximum absolute atomic E-state index is 10.7. The second-order valence-electron chi connectivity index (χ2n) is 2.35. The van der Waals surface area contributed by atoms with Crippen LogP contribution in [0.4, 0.5) is 0 Å². The van der Waals surface area contributed by atoms with E-state index in [9.17, 15) is 4.79 Å². The number of amides is 1. The van der Waals surface area contributed by atoms with E-state index in [0.29, 0.717) is 6.42 Å². The minimum atomic E-state index is -0.251. The third kappa shape index (κ3) is 2.80. The van der Waals surface area contributed by atoms with E-state index in [4.69, 9.17) is 5.11 Å². The Hall–Kier alpha value is -0.610. The molecule has 0 atom stereocenters. The molecule has 10 heavy (non-hydrogen) atoms. The Labute approximate surface area is 59.8 Å². The van der Waals surface area contributed by atoms with E-state index in [1.807, 2.05) is 0 Å². The zero-order valence-corrected chi connectivity index (χ0v) is 5.84. The van der Waals surface area contributed by atoms with Gasteiger partial charge in [0.15, 0.2) is 0 Å². The number of carbonyl (C=O) groups is 1. The van der Waals surface area contributed by atoms with Gasteiger partial charge in [-0.15, -0.1) is 0 Å². The Morgan fingerprint density at radius 1 is 1.60 bits per heavy atom. The minimum absolute atomic E-state index is 0.0746. The number of rotatable bonds is 4. The molecule has 0 radical (unpaired) electrons. The zero-order valence-electron chi connectivity index (χ0n) is 5.84. The molecule has 1 amide bonds. The third-order valence-electron chi connectivity index (χ3n) is 1.47. The molecule has 0 aliphatic carbocycles. The van der Waals surface area contributed by atoms with Gasteiger partial charge in [-0.2, -0.15) is 0 Å². The van der Waals surface area contributed by atoms with Crippen molar-refractivity contribution < 1.29 is 9.90 Å². The van der Waals surface area contributed by atoms with E-state index >= 15 is 0 Å². The van der Waals surface area contributed by atoms with Crippen molar-refractivity contribution in [2.24, 2.45) is 0 Å². The smallest absolute Gasteiger partial charge is 0.223 e. The van der Waals surface area contributed by atoms with Crippen LogP contribution in [-0.4, -0.2) is 42.3 Å². The predicted molar refractivity (Wildman–Crippen MR) is 36.3 cm³/mol. The van der Waals surface area contributed by atoms with E-state index in [-0.39, 0.29) is 12.6 Å². The molecule has 4 heteroatoms. The fourth-order valence-electron chi connectivity index (χ4n) is 0.731. The number of nitrogens with one attached hydrogen (secondary N) is 1. The van der Waals surface area contributed by atoms with Gasteiger partial charge in [0.25, 0.3) is 0 Å². The molecular formula is C6H12N2O2. The van der Waals surface area contributed by atoms with Gasteiger partial charge in [0, 0.05) is 26.1 Å². The highest BCUT2D eigenvalue weighted by Gasteiger charge is 2.17. The summed E-state index contributed by atoms with van der Waals surface area (Å²) in [5, 5.41) is 10.6. The molecule has 1 heterocycles. The SMILES string of the molecule is O=C(CCN1CC1)NCO. The van der Waals surface area contributed by atoms with Crippen molar-refractivity contribution >= 4 is 5.91 Å². The summed E-state index contributed by atoms with van der Waals surface area (Å²) in [7, 11) is 0. The first-order valence-corrected chi connectivity index (χ1v) is 3.43. The average molecular weight is 144 g/mol. The van der Waals surface area contributed by atoms with Gasteiger partial charge in [0.1, 0.15) is 6.73 Å². The standard InChI is InChI=1S/C6H12N2O2/c9-5-7-6(10)1-2-8-3-4-8/h9H,1-5H2,(H,7,10). The molecule has 1 aliphatic heterocycles. The van der Waals surface area contributed by atoms with Gasteiger partial charge < -0.3 is 15.3 Å². The quantitative estimate of drug-likeness (QED) is 0.383. The van der Waals surface area contributed by atoms with Crippen LogP contribution in [0.1, 0.15) is 6.42 Å². The summed E-state index contributed by atoms with van der Waals surface area (Å²) < 4.78 is 0. The highest BCUT2D eigenvalue weighted by Crippen LogP contribution is 2.02. The van der Waals surface area contributed by atoms with Gasteiger partial charge in [0.2, 0.25) is 5.91 Å². The van der Waals surface area contributed by atoms with E-state index < -0.39 is 0 Å². The van der Waals surface area contributed by atoms with Crippen molar-refractivity contribution in [1.29, 1.82) is 0 Å². The molecule has 2 N–H and O–H groups in total. The summed E-state index contributed by atoms with van der Waals surface area (Å²) in [6.45, 7) is 2.81. The maximum atomic E-state index is 10.7. The van der Waals surface area contributed by atoms with Gasteiger partial charge in [-0.05, 0) is 0 Å². The van der Waals surface area contributed by atoms with Crippen molar-refractivity contribution in [3.63, 3.8) is 0 Å². The number of hydrogen-bond donors (Lipinski definition) is 2. The molecule has 0 saturated carbocycles. The van der Waals surface area contributed by atoms with Crippen LogP contribution in [0.15, 0.2) is 0 Å². The molecule has 1 rings (SSSR count). The van der Waals surface area contributed by atoms with Gasteiger partial charge in [-0.1, -0.05) is 0 Å². The summed E-state index contributed by atoms with van der Waals surface area (Å²) in [6.07, 6.45) is 0.501. The number of hydrogen-bond acceptors (Lipinski definition) is 3. The Morgan fingerprint density at radius 3 is 2.80 bits per heavy atom. The highest BCUT2D eigenvalue weighted by molar-refractivity contribution is 5.75. The van der Waals surface area contributed by atoms with Gasteiger partial charge in [0.05, 0.1) is 0 Å². The summed E-state index contributed by atoms with van der Waals surface area (Å²) in [5.74, 6) is -0.0746. The van der Waals surface area contributed by atoms with Crippen LogP contribution in [0.5, 0.6) is 0 Å². The molecule has 58 valence electrons. The molecule has 0 unspecified atom stereocenters. The van der Waals surface area contributed by atoms with Crippen LogP contribution in [0, 0.1) is 0 Å². The van der Waals surface area contributed by atoms with Crippen LogP contribution < -0.4 is 5.32 Å². The number of nitrogens with zero attached hydrogens (tertiary/aromatic N) is 1.